The highest BCUT2D eigenvalue weighted by atomic mass is 15.2. The van der Waals surface area contributed by atoms with Crippen molar-refractivity contribution in [2.24, 2.45) is 0 Å². The molecule has 0 aromatic heterocycles. The van der Waals surface area contributed by atoms with Gasteiger partial charge in [0.05, 0.1) is 0 Å². The monoisotopic (exact) mass is 259 g/mol. The molecule has 0 amide bonds. The average Bonchev–Trinajstić information content (AvgIpc) is 2.72. The predicted octanol–water partition coefficient (Wildman–Crippen LogP) is 2.95. The first-order valence-corrected chi connectivity index (χ1v) is 7.21. The van der Waals surface area contributed by atoms with Crippen LogP contribution in [-0.2, 0) is 6.54 Å². The van der Waals surface area contributed by atoms with E-state index in [0.29, 0.717) is 11.9 Å². The van der Waals surface area contributed by atoms with Crippen LogP contribution in [0.1, 0.15) is 37.8 Å². The van der Waals surface area contributed by atoms with Gasteiger partial charge in [0.15, 0.2) is 0 Å². The molecule has 19 heavy (non-hydrogen) atoms. The van der Waals surface area contributed by atoms with Crippen molar-refractivity contribution < 1.29 is 0 Å². The molecule has 0 spiro atoms. The molecule has 1 N–H and O–H groups in total. The Morgan fingerprint density at radius 2 is 2.00 bits per heavy atom. The number of amidine groups is 1. The average molecular weight is 259 g/mol. The Kier molecular flexibility index (Phi) is 4.59. The van der Waals surface area contributed by atoms with Crippen molar-refractivity contribution in [3.05, 3.63) is 35.4 Å². The molecule has 0 unspecified atom stereocenters. The van der Waals surface area contributed by atoms with Crippen LogP contribution in [0.15, 0.2) is 24.3 Å². The van der Waals surface area contributed by atoms with E-state index in [1.807, 2.05) is 6.07 Å². The minimum absolute atomic E-state index is 0.620. The molecular weight excluding hydrogens is 234 g/mol. The first-order valence-electron chi connectivity index (χ1n) is 7.21. The van der Waals surface area contributed by atoms with Crippen molar-refractivity contribution in [1.29, 1.82) is 5.41 Å². The summed E-state index contributed by atoms with van der Waals surface area (Å²) in [4.78, 5) is 4.57. The van der Waals surface area contributed by atoms with Crippen molar-refractivity contribution in [2.75, 3.05) is 20.1 Å². The van der Waals surface area contributed by atoms with Crippen LogP contribution >= 0.6 is 0 Å². The number of nitrogens with one attached hydrogen (secondary N) is 1. The van der Waals surface area contributed by atoms with Crippen LogP contribution in [-0.4, -0.2) is 41.8 Å². The first kappa shape index (κ1) is 14.1. The Labute approximate surface area is 116 Å². The summed E-state index contributed by atoms with van der Waals surface area (Å²) in [5, 5.41) is 8.19. The molecule has 0 aliphatic carbocycles. The fourth-order valence-corrected chi connectivity index (χ4v) is 2.46. The van der Waals surface area contributed by atoms with Crippen molar-refractivity contribution in [3.8, 4) is 0 Å². The number of hydrogen-bond donors (Lipinski definition) is 1. The molecule has 1 aromatic carbocycles. The second kappa shape index (κ2) is 6.20. The molecule has 3 heteroatoms. The summed E-state index contributed by atoms with van der Waals surface area (Å²) in [6.45, 7) is 7.51. The second-order valence-electron chi connectivity index (χ2n) is 5.71. The lowest BCUT2D eigenvalue weighted by atomic mass is 10.1. The van der Waals surface area contributed by atoms with E-state index >= 15 is 0 Å². The fourth-order valence-electron chi connectivity index (χ4n) is 2.46. The van der Waals surface area contributed by atoms with Crippen molar-refractivity contribution in [3.63, 3.8) is 0 Å². The van der Waals surface area contributed by atoms with E-state index in [1.165, 1.54) is 12.0 Å². The third-order valence-corrected chi connectivity index (χ3v) is 4.02. The maximum atomic E-state index is 8.19. The molecule has 0 bridgehead atoms. The van der Waals surface area contributed by atoms with Crippen molar-refractivity contribution >= 4 is 5.84 Å². The normalized spacial score (nSPS) is 14.6. The third kappa shape index (κ3) is 3.35. The predicted molar refractivity (Wildman–Crippen MR) is 80.7 cm³/mol. The largest absolute Gasteiger partial charge is 0.352 e. The molecule has 0 saturated heterocycles. The van der Waals surface area contributed by atoms with Gasteiger partial charge in [-0.3, -0.25) is 5.41 Å². The molecule has 0 fully saturated rings. The number of benzene rings is 1. The number of fused-ring (bicyclic) bond motifs is 1. The summed E-state index contributed by atoms with van der Waals surface area (Å²) in [5.74, 6) is 0.702. The second-order valence-corrected chi connectivity index (χ2v) is 5.71. The summed E-state index contributed by atoms with van der Waals surface area (Å²) in [5.41, 5.74) is 2.41. The molecule has 1 aromatic rings. The molecule has 104 valence electrons. The SMILES string of the molecule is CC(C)N(C)CCCCN1Cc2ccccc2C1=N. The van der Waals surface area contributed by atoms with Crippen molar-refractivity contribution in [2.45, 2.75) is 39.3 Å². The van der Waals surface area contributed by atoms with E-state index < -0.39 is 0 Å². The zero-order valence-corrected chi connectivity index (χ0v) is 12.3. The van der Waals surface area contributed by atoms with Gasteiger partial charge < -0.3 is 9.80 Å². The van der Waals surface area contributed by atoms with Gasteiger partial charge in [0.25, 0.3) is 0 Å². The lowest BCUT2D eigenvalue weighted by Gasteiger charge is -2.22. The Bertz CT molecular complexity index is 439. The number of unbranched alkanes of at least 4 members (excludes halogenated alkanes) is 1. The Morgan fingerprint density at radius 3 is 2.68 bits per heavy atom. The first-order chi connectivity index (χ1) is 9.09. The van der Waals surface area contributed by atoms with Gasteiger partial charge in [0.1, 0.15) is 5.84 Å². The highest BCUT2D eigenvalue weighted by molar-refractivity contribution is 6.00. The maximum Gasteiger partial charge on any atom is 0.128 e. The van der Waals surface area contributed by atoms with E-state index in [-0.39, 0.29) is 0 Å². The highest BCUT2D eigenvalue weighted by Gasteiger charge is 2.22. The summed E-state index contributed by atoms with van der Waals surface area (Å²) in [6, 6.07) is 8.90. The van der Waals surface area contributed by atoms with Crippen LogP contribution in [0.2, 0.25) is 0 Å². The summed E-state index contributed by atoms with van der Waals surface area (Å²) < 4.78 is 0. The van der Waals surface area contributed by atoms with Crippen LogP contribution in [0.3, 0.4) is 0 Å². The minimum atomic E-state index is 0.620. The minimum Gasteiger partial charge on any atom is -0.352 e. The zero-order chi connectivity index (χ0) is 13.8. The summed E-state index contributed by atoms with van der Waals surface area (Å²) >= 11 is 0. The van der Waals surface area contributed by atoms with Gasteiger partial charge in [0.2, 0.25) is 0 Å². The molecule has 1 heterocycles. The maximum absolute atomic E-state index is 8.19. The molecule has 2 rings (SSSR count). The van der Waals surface area contributed by atoms with E-state index in [0.717, 1.165) is 31.6 Å². The van der Waals surface area contributed by atoms with Gasteiger partial charge in [-0.2, -0.15) is 0 Å². The van der Waals surface area contributed by atoms with Gasteiger partial charge in [-0.1, -0.05) is 24.3 Å². The molecule has 0 atom stereocenters. The number of rotatable bonds is 6. The molecule has 1 aliphatic rings. The van der Waals surface area contributed by atoms with E-state index in [9.17, 15) is 0 Å². The van der Waals surface area contributed by atoms with Gasteiger partial charge >= 0.3 is 0 Å². The number of hydrogen-bond acceptors (Lipinski definition) is 2. The molecule has 0 radical (unpaired) electrons. The van der Waals surface area contributed by atoms with E-state index in [4.69, 9.17) is 5.41 Å². The molecule has 1 aliphatic heterocycles. The lowest BCUT2D eigenvalue weighted by molar-refractivity contribution is 0.263. The smallest absolute Gasteiger partial charge is 0.128 e. The van der Waals surface area contributed by atoms with Crippen LogP contribution < -0.4 is 0 Å². The topological polar surface area (TPSA) is 30.3 Å². The van der Waals surface area contributed by atoms with Gasteiger partial charge in [-0.25, -0.2) is 0 Å². The van der Waals surface area contributed by atoms with Gasteiger partial charge in [0, 0.05) is 24.7 Å². The quantitative estimate of drug-likeness (QED) is 0.796. The third-order valence-electron chi connectivity index (χ3n) is 4.02. The van der Waals surface area contributed by atoms with Gasteiger partial charge in [-0.05, 0) is 45.8 Å². The zero-order valence-electron chi connectivity index (χ0n) is 12.3. The molecular formula is C16H25N3. The lowest BCUT2D eigenvalue weighted by Crippen LogP contribution is -2.29. The molecule has 0 saturated carbocycles. The Hall–Kier alpha value is -1.35. The number of nitrogens with zero attached hydrogens (tertiary/aromatic N) is 2. The summed E-state index contributed by atoms with van der Waals surface area (Å²) in [7, 11) is 2.18. The Balaban J connectivity index is 1.76. The van der Waals surface area contributed by atoms with Crippen LogP contribution in [0, 0.1) is 5.41 Å². The summed E-state index contributed by atoms with van der Waals surface area (Å²) in [6.07, 6.45) is 2.36. The van der Waals surface area contributed by atoms with E-state index in [1.54, 1.807) is 0 Å². The van der Waals surface area contributed by atoms with E-state index in [2.05, 4.69) is 48.9 Å². The highest BCUT2D eigenvalue weighted by Crippen LogP contribution is 2.22. The van der Waals surface area contributed by atoms with Gasteiger partial charge in [-0.15, -0.1) is 0 Å². The van der Waals surface area contributed by atoms with Crippen LogP contribution in [0.25, 0.3) is 0 Å². The molecule has 3 nitrogen and oxygen atoms in total. The van der Waals surface area contributed by atoms with Crippen molar-refractivity contribution in [1.82, 2.24) is 9.80 Å². The fraction of sp³-hybridized carbons (Fsp3) is 0.562. The Morgan fingerprint density at radius 1 is 1.26 bits per heavy atom. The van der Waals surface area contributed by atoms with Crippen LogP contribution in [0.4, 0.5) is 0 Å². The van der Waals surface area contributed by atoms with Crippen LogP contribution in [0.5, 0.6) is 0 Å². The standard InChI is InChI=1S/C16H25N3/c1-13(2)18(3)10-6-7-11-19-12-14-8-4-5-9-15(14)16(19)17/h4-5,8-9,13,17H,6-7,10-12H2,1-3H3.